The number of ether oxygens (including phenoxy) is 1. The predicted molar refractivity (Wildman–Crippen MR) is 124 cm³/mol. The van der Waals surface area contributed by atoms with E-state index in [0.29, 0.717) is 5.56 Å². The molecule has 0 aliphatic heterocycles. The number of thiophene rings is 2. The maximum Gasteiger partial charge on any atom is 0.339 e. The molecular weight excluding hydrogens is 398 g/mol. The summed E-state index contributed by atoms with van der Waals surface area (Å²) in [6.45, 7) is 0. The molecule has 1 unspecified atom stereocenters. The number of hydrogen-bond donors (Lipinski definition) is 0. The minimum absolute atomic E-state index is 0.200. The molecule has 1 atom stereocenters. The molecule has 0 radical (unpaired) electrons. The summed E-state index contributed by atoms with van der Waals surface area (Å²) in [6.07, 6.45) is 18.0. The number of anilines is 1. The summed E-state index contributed by atoms with van der Waals surface area (Å²) >= 11 is 3.27. The molecule has 0 amide bonds. The smallest absolute Gasteiger partial charge is 0.339 e. The van der Waals surface area contributed by atoms with E-state index in [9.17, 15) is 4.79 Å². The second kappa shape index (κ2) is 8.97. The average molecular weight is 424 g/mol. The first-order chi connectivity index (χ1) is 14.2. The fraction of sp³-hybridized carbons (Fsp3) is 0.292. The first-order valence-corrected chi connectivity index (χ1v) is 11.7. The van der Waals surface area contributed by atoms with Gasteiger partial charge in [0.2, 0.25) is 0 Å². The fourth-order valence-electron chi connectivity index (χ4n) is 4.02. The molecule has 2 aromatic rings. The van der Waals surface area contributed by atoms with Gasteiger partial charge >= 0.3 is 5.97 Å². The highest BCUT2D eigenvalue weighted by Gasteiger charge is 2.27. The highest BCUT2D eigenvalue weighted by molar-refractivity contribution is 7.21. The van der Waals surface area contributed by atoms with Crippen LogP contribution in [0.15, 0.2) is 70.5 Å². The number of hydrogen-bond acceptors (Lipinski definition) is 5. The molecule has 0 bridgehead atoms. The van der Waals surface area contributed by atoms with E-state index in [-0.39, 0.29) is 12.0 Å². The average Bonchev–Trinajstić information content (AvgIpc) is 3.44. The largest absolute Gasteiger partial charge is 0.465 e. The minimum Gasteiger partial charge on any atom is -0.465 e. The molecule has 29 heavy (non-hydrogen) atoms. The van der Waals surface area contributed by atoms with Crippen LogP contribution in [0.1, 0.15) is 36.0 Å². The van der Waals surface area contributed by atoms with Gasteiger partial charge in [-0.3, -0.25) is 0 Å². The zero-order chi connectivity index (χ0) is 20.2. The van der Waals surface area contributed by atoms with E-state index in [0.717, 1.165) is 41.1 Å². The molecule has 150 valence electrons. The van der Waals surface area contributed by atoms with Crippen molar-refractivity contribution in [2.24, 2.45) is 0 Å². The van der Waals surface area contributed by atoms with Crippen LogP contribution < -0.4 is 4.90 Å². The molecule has 0 fully saturated rings. The van der Waals surface area contributed by atoms with Gasteiger partial charge in [0.15, 0.2) is 0 Å². The van der Waals surface area contributed by atoms with Crippen LogP contribution in [0, 0.1) is 0 Å². The number of likely N-dealkylation sites (N-methyl/N-ethyl adjacent to an activating group) is 1. The minimum atomic E-state index is -0.280. The first-order valence-electron chi connectivity index (χ1n) is 9.89. The molecule has 2 heterocycles. The van der Waals surface area contributed by atoms with E-state index in [1.807, 2.05) is 11.4 Å². The highest BCUT2D eigenvalue weighted by atomic mass is 32.1. The zero-order valence-corrected chi connectivity index (χ0v) is 18.4. The van der Waals surface area contributed by atoms with Crippen molar-refractivity contribution >= 4 is 34.3 Å². The van der Waals surface area contributed by atoms with Crippen molar-refractivity contribution in [3.8, 4) is 9.75 Å². The van der Waals surface area contributed by atoms with Crippen LogP contribution in [-0.4, -0.2) is 26.2 Å². The lowest BCUT2D eigenvalue weighted by Gasteiger charge is -2.34. The maximum absolute atomic E-state index is 12.2. The molecule has 0 aromatic carbocycles. The molecule has 5 heteroatoms. The Morgan fingerprint density at radius 1 is 1.10 bits per heavy atom. The van der Waals surface area contributed by atoms with Crippen molar-refractivity contribution in [3.05, 3.63) is 76.1 Å². The number of esters is 1. The van der Waals surface area contributed by atoms with Gasteiger partial charge in [-0.15, -0.1) is 22.7 Å². The monoisotopic (exact) mass is 423 g/mol. The van der Waals surface area contributed by atoms with E-state index in [1.165, 1.54) is 18.3 Å². The predicted octanol–water partition coefficient (Wildman–Crippen LogP) is 6.62. The molecule has 2 aliphatic rings. The van der Waals surface area contributed by atoms with Crippen molar-refractivity contribution in [1.82, 2.24) is 0 Å². The van der Waals surface area contributed by atoms with Crippen LogP contribution >= 0.6 is 22.7 Å². The van der Waals surface area contributed by atoms with Gasteiger partial charge in [0.05, 0.1) is 34.2 Å². The molecule has 2 aliphatic carbocycles. The Labute approximate surface area is 180 Å². The number of methoxy groups -OCH3 is 1. The van der Waals surface area contributed by atoms with E-state index in [2.05, 4.69) is 59.9 Å². The maximum atomic E-state index is 12.2. The van der Waals surface area contributed by atoms with Crippen molar-refractivity contribution in [2.75, 3.05) is 19.1 Å². The molecule has 0 saturated carbocycles. The fourth-order valence-corrected chi connectivity index (χ4v) is 6.02. The number of nitrogens with zero attached hydrogens (tertiary/aromatic N) is 1. The van der Waals surface area contributed by atoms with E-state index < -0.39 is 0 Å². The van der Waals surface area contributed by atoms with Crippen molar-refractivity contribution in [1.29, 1.82) is 0 Å². The van der Waals surface area contributed by atoms with Crippen LogP contribution in [0.2, 0.25) is 0 Å². The Kier molecular flexibility index (Phi) is 6.16. The van der Waals surface area contributed by atoms with E-state index >= 15 is 0 Å². The van der Waals surface area contributed by atoms with Crippen LogP contribution in [0.5, 0.6) is 0 Å². The van der Waals surface area contributed by atoms with Gasteiger partial charge in [-0.2, -0.15) is 0 Å². The van der Waals surface area contributed by atoms with Gasteiger partial charge in [-0.05, 0) is 59.7 Å². The summed E-state index contributed by atoms with van der Waals surface area (Å²) in [5, 5.41) is 4.07. The van der Waals surface area contributed by atoms with Crippen LogP contribution in [-0.2, 0) is 4.74 Å². The van der Waals surface area contributed by atoms with Gasteiger partial charge in [0, 0.05) is 7.05 Å². The summed E-state index contributed by atoms with van der Waals surface area (Å²) in [5.74, 6) is -0.280. The second-order valence-electron chi connectivity index (χ2n) is 7.20. The van der Waals surface area contributed by atoms with Crippen molar-refractivity contribution in [2.45, 2.75) is 31.7 Å². The molecule has 3 nitrogen and oxygen atoms in total. The topological polar surface area (TPSA) is 29.5 Å². The molecule has 0 spiro atoms. The summed E-state index contributed by atoms with van der Waals surface area (Å²) < 4.78 is 5.00. The summed E-state index contributed by atoms with van der Waals surface area (Å²) in [7, 11) is 3.61. The third kappa shape index (κ3) is 4.02. The Balaban J connectivity index is 1.75. The highest BCUT2D eigenvalue weighted by Crippen LogP contribution is 2.43. The van der Waals surface area contributed by atoms with Crippen molar-refractivity contribution in [3.63, 3.8) is 0 Å². The lowest BCUT2D eigenvalue weighted by atomic mass is 9.88. The molecule has 2 aromatic heterocycles. The number of carbonyl (C=O) groups excluding carboxylic acids is 1. The third-order valence-corrected chi connectivity index (χ3v) is 7.41. The zero-order valence-electron chi connectivity index (χ0n) is 16.8. The number of carbonyl (C=O) groups is 1. The van der Waals surface area contributed by atoms with E-state index in [1.54, 1.807) is 22.7 Å². The van der Waals surface area contributed by atoms with Gasteiger partial charge in [-0.1, -0.05) is 36.5 Å². The Hall–Kier alpha value is -2.37. The standard InChI is InChI=1S/C24H25NO2S2/c1-25(21(17-9-5-3-6-10-17)18-11-7-4-8-12-18)20-14-16-29-23(20)22-19(13-15-28-22)24(26)27-2/h3,5,7,9,11-16,21H,4,6,8,10H2,1-2H3. The molecule has 0 saturated heterocycles. The second-order valence-corrected chi connectivity index (χ2v) is 9.03. The summed E-state index contributed by atoms with van der Waals surface area (Å²) in [4.78, 5) is 16.7. The number of rotatable bonds is 6. The molecular formula is C24H25NO2S2. The Bertz CT molecular complexity index is 1010. The third-order valence-electron chi connectivity index (χ3n) is 5.43. The van der Waals surface area contributed by atoms with Gasteiger partial charge in [0.1, 0.15) is 0 Å². The SMILES string of the molecule is COC(=O)c1ccsc1-c1sccc1N(C)C(C1=CCCC=C1)C1=CC=CCC1. The van der Waals surface area contributed by atoms with E-state index in [4.69, 9.17) is 4.74 Å². The number of allylic oxidation sites excluding steroid dienone is 5. The van der Waals surface area contributed by atoms with Gasteiger partial charge < -0.3 is 9.64 Å². The summed E-state index contributed by atoms with van der Waals surface area (Å²) in [6, 6.07) is 4.22. The normalized spacial score (nSPS) is 16.9. The quantitative estimate of drug-likeness (QED) is 0.489. The Morgan fingerprint density at radius 3 is 2.66 bits per heavy atom. The van der Waals surface area contributed by atoms with Crippen LogP contribution in [0.4, 0.5) is 5.69 Å². The summed E-state index contributed by atoms with van der Waals surface area (Å²) in [5.41, 5.74) is 4.59. The van der Waals surface area contributed by atoms with Gasteiger partial charge in [0.25, 0.3) is 0 Å². The van der Waals surface area contributed by atoms with Gasteiger partial charge in [-0.25, -0.2) is 4.79 Å². The molecule has 4 rings (SSSR count). The first kappa shape index (κ1) is 19.9. The Morgan fingerprint density at radius 2 is 1.93 bits per heavy atom. The van der Waals surface area contributed by atoms with Crippen LogP contribution in [0.3, 0.4) is 0 Å². The lowest BCUT2D eigenvalue weighted by Crippen LogP contribution is -2.35. The van der Waals surface area contributed by atoms with Crippen LogP contribution in [0.25, 0.3) is 9.75 Å². The lowest BCUT2D eigenvalue weighted by molar-refractivity contribution is 0.0602. The van der Waals surface area contributed by atoms with Crippen molar-refractivity contribution < 1.29 is 9.53 Å². The molecule has 0 N–H and O–H groups in total.